The minimum absolute atomic E-state index is 0.115. The predicted molar refractivity (Wildman–Crippen MR) is 92.6 cm³/mol. The standard InChI is InChI=1S/C17H23N3O2S/c1-4-22-15(14-8-6-5-7-9-14)11-19-17(21)20-13(3)16-18-10-12(2)23-16/h5-10,13,15H,4,11H2,1-3H3,(H2,19,20,21)/t13-,15+/m0/s1. The molecule has 2 aromatic rings. The minimum Gasteiger partial charge on any atom is -0.372 e. The number of urea groups is 1. The lowest BCUT2D eigenvalue weighted by atomic mass is 10.1. The maximum absolute atomic E-state index is 12.1. The van der Waals surface area contributed by atoms with Crippen LogP contribution in [0.1, 0.15) is 41.4 Å². The molecule has 0 radical (unpaired) electrons. The van der Waals surface area contributed by atoms with Crippen LogP contribution in [-0.4, -0.2) is 24.2 Å². The molecule has 0 saturated heterocycles. The van der Waals surface area contributed by atoms with Gasteiger partial charge in [0.15, 0.2) is 0 Å². The van der Waals surface area contributed by atoms with E-state index >= 15 is 0 Å². The van der Waals surface area contributed by atoms with Gasteiger partial charge >= 0.3 is 6.03 Å². The second-order valence-electron chi connectivity index (χ2n) is 5.24. The fourth-order valence-corrected chi connectivity index (χ4v) is 2.99. The van der Waals surface area contributed by atoms with Gasteiger partial charge in [-0.1, -0.05) is 30.3 Å². The molecule has 2 N–H and O–H groups in total. The van der Waals surface area contributed by atoms with Crippen LogP contribution in [0.2, 0.25) is 0 Å². The van der Waals surface area contributed by atoms with Crippen LogP contribution in [-0.2, 0) is 4.74 Å². The second-order valence-corrected chi connectivity index (χ2v) is 6.51. The van der Waals surface area contributed by atoms with Gasteiger partial charge in [0.05, 0.1) is 12.1 Å². The summed E-state index contributed by atoms with van der Waals surface area (Å²) in [6.07, 6.45) is 1.67. The van der Waals surface area contributed by atoms with Gasteiger partial charge in [0.25, 0.3) is 0 Å². The summed E-state index contributed by atoms with van der Waals surface area (Å²) in [5.74, 6) is 0. The lowest BCUT2D eigenvalue weighted by Gasteiger charge is -2.19. The van der Waals surface area contributed by atoms with E-state index in [1.54, 1.807) is 11.3 Å². The largest absolute Gasteiger partial charge is 0.372 e. The summed E-state index contributed by atoms with van der Waals surface area (Å²) in [5.41, 5.74) is 1.05. The molecule has 0 spiro atoms. The van der Waals surface area contributed by atoms with E-state index in [4.69, 9.17) is 4.74 Å². The molecule has 2 atom stereocenters. The fourth-order valence-electron chi connectivity index (χ4n) is 2.21. The molecule has 1 aromatic heterocycles. The zero-order chi connectivity index (χ0) is 16.7. The lowest BCUT2D eigenvalue weighted by Crippen LogP contribution is -2.39. The van der Waals surface area contributed by atoms with Crippen LogP contribution >= 0.6 is 11.3 Å². The van der Waals surface area contributed by atoms with Gasteiger partial charge in [-0.25, -0.2) is 9.78 Å². The Labute approximate surface area is 141 Å². The van der Waals surface area contributed by atoms with E-state index in [1.165, 1.54) is 0 Å². The number of rotatable bonds is 7. The number of carbonyl (C=O) groups excluding carboxylic acids is 1. The molecule has 23 heavy (non-hydrogen) atoms. The highest BCUT2D eigenvalue weighted by Crippen LogP contribution is 2.19. The van der Waals surface area contributed by atoms with E-state index in [9.17, 15) is 4.79 Å². The van der Waals surface area contributed by atoms with E-state index in [2.05, 4.69) is 15.6 Å². The highest BCUT2D eigenvalue weighted by Gasteiger charge is 2.15. The van der Waals surface area contributed by atoms with Gasteiger partial charge in [0.1, 0.15) is 5.01 Å². The highest BCUT2D eigenvalue weighted by atomic mass is 32.1. The van der Waals surface area contributed by atoms with Crippen molar-refractivity contribution in [3.8, 4) is 0 Å². The van der Waals surface area contributed by atoms with Gasteiger partial charge in [-0.2, -0.15) is 0 Å². The van der Waals surface area contributed by atoms with Crippen LogP contribution in [0.25, 0.3) is 0 Å². The molecule has 6 heteroatoms. The quantitative estimate of drug-likeness (QED) is 0.814. The lowest BCUT2D eigenvalue weighted by molar-refractivity contribution is 0.0639. The van der Waals surface area contributed by atoms with E-state index in [-0.39, 0.29) is 18.2 Å². The van der Waals surface area contributed by atoms with Crippen molar-refractivity contribution < 1.29 is 9.53 Å². The average Bonchev–Trinajstić information content (AvgIpc) is 2.99. The number of hydrogen-bond acceptors (Lipinski definition) is 4. The summed E-state index contributed by atoms with van der Waals surface area (Å²) in [6.45, 7) is 6.89. The van der Waals surface area contributed by atoms with Crippen molar-refractivity contribution in [3.05, 3.63) is 52.0 Å². The second kappa shape index (κ2) is 8.64. The van der Waals surface area contributed by atoms with Gasteiger partial charge in [0.2, 0.25) is 0 Å². The van der Waals surface area contributed by atoms with E-state index in [0.29, 0.717) is 13.2 Å². The summed E-state index contributed by atoms with van der Waals surface area (Å²) in [4.78, 5) is 17.5. The molecule has 1 heterocycles. The zero-order valence-corrected chi connectivity index (χ0v) is 14.5. The maximum Gasteiger partial charge on any atom is 0.315 e. The molecule has 0 aliphatic heterocycles. The monoisotopic (exact) mass is 333 g/mol. The first kappa shape index (κ1) is 17.4. The molecule has 0 fully saturated rings. The number of ether oxygens (including phenoxy) is 1. The third kappa shape index (κ3) is 5.33. The first-order chi connectivity index (χ1) is 11.1. The summed E-state index contributed by atoms with van der Waals surface area (Å²) >= 11 is 1.59. The molecule has 124 valence electrons. The number of aromatic nitrogens is 1. The predicted octanol–water partition coefficient (Wildman–Crippen LogP) is 3.59. The zero-order valence-electron chi connectivity index (χ0n) is 13.7. The smallest absolute Gasteiger partial charge is 0.315 e. The Balaban J connectivity index is 1.86. The first-order valence-electron chi connectivity index (χ1n) is 7.73. The van der Waals surface area contributed by atoms with Crippen molar-refractivity contribution in [2.75, 3.05) is 13.2 Å². The van der Waals surface area contributed by atoms with Crippen molar-refractivity contribution in [2.45, 2.75) is 32.9 Å². The number of nitrogens with one attached hydrogen (secondary N) is 2. The average molecular weight is 333 g/mol. The Morgan fingerprint density at radius 3 is 2.70 bits per heavy atom. The Morgan fingerprint density at radius 2 is 2.09 bits per heavy atom. The molecule has 2 rings (SSSR count). The third-order valence-electron chi connectivity index (χ3n) is 3.34. The van der Waals surface area contributed by atoms with Crippen molar-refractivity contribution >= 4 is 17.4 Å². The van der Waals surface area contributed by atoms with Gasteiger partial charge in [-0.3, -0.25) is 0 Å². The Hall–Kier alpha value is -1.92. The summed E-state index contributed by atoms with van der Waals surface area (Å²) < 4.78 is 5.72. The minimum atomic E-state index is -0.217. The number of aryl methyl sites for hydroxylation is 1. The summed E-state index contributed by atoms with van der Waals surface area (Å²) in [6, 6.07) is 9.57. The van der Waals surface area contributed by atoms with Crippen LogP contribution in [0.4, 0.5) is 4.79 Å². The van der Waals surface area contributed by atoms with Gasteiger partial charge in [-0.15, -0.1) is 11.3 Å². The summed E-state index contributed by atoms with van der Waals surface area (Å²) in [7, 11) is 0. The van der Waals surface area contributed by atoms with Crippen molar-refractivity contribution in [1.29, 1.82) is 0 Å². The SMILES string of the molecule is CCO[C@H](CNC(=O)N[C@@H](C)c1ncc(C)s1)c1ccccc1. The molecule has 0 bridgehead atoms. The van der Waals surface area contributed by atoms with Crippen LogP contribution in [0, 0.1) is 6.92 Å². The molecule has 1 aromatic carbocycles. The molecule has 2 amide bonds. The highest BCUT2D eigenvalue weighted by molar-refractivity contribution is 7.11. The van der Waals surface area contributed by atoms with E-state index in [1.807, 2.05) is 57.3 Å². The number of benzene rings is 1. The van der Waals surface area contributed by atoms with E-state index < -0.39 is 0 Å². The van der Waals surface area contributed by atoms with E-state index in [0.717, 1.165) is 15.4 Å². The third-order valence-corrected chi connectivity index (χ3v) is 4.44. The van der Waals surface area contributed by atoms with Crippen LogP contribution < -0.4 is 10.6 Å². The molecule has 0 unspecified atom stereocenters. The van der Waals surface area contributed by atoms with Crippen molar-refractivity contribution in [3.63, 3.8) is 0 Å². The normalized spacial score (nSPS) is 13.3. The molecule has 0 saturated carbocycles. The Morgan fingerprint density at radius 1 is 1.35 bits per heavy atom. The number of thiazole rings is 1. The molecular weight excluding hydrogens is 310 g/mol. The topological polar surface area (TPSA) is 63.2 Å². The first-order valence-corrected chi connectivity index (χ1v) is 8.55. The van der Waals surface area contributed by atoms with Gasteiger partial charge in [-0.05, 0) is 26.3 Å². The number of nitrogens with zero attached hydrogens (tertiary/aromatic N) is 1. The van der Waals surface area contributed by atoms with Crippen molar-refractivity contribution in [2.24, 2.45) is 0 Å². The molecule has 0 aliphatic rings. The van der Waals surface area contributed by atoms with Gasteiger partial charge in [0, 0.05) is 24.2 Å². The molecule has 0 aliphatic carbocycles. The Bertz CT molecular complexity index is 615. The maximum atomic E-state index is 12.1. The van der Waals surface area contributed by atoms with Gasteiger partial charge < -0.3 is 15.4 Å². The fraction of sp³-hybridized carbons (Fsp3) is 0.412. The number of carbonyl (C=O) groups is 1. The molecule has 5 nitrogen and oxygen atoms in total. The number of amides is 2. The van der Waals surface area contributed by atoms with Crippen molar-refractivity contribution in [1.82, 2.24) is 15.6 Å². The number of hydrogen-bond donors (Lipinski definition) is 2. The van der Waals surface area contributed by atoms with Crippen LogP contribution in [0.5, 0.6) is 0 Å². The van der Waals surface area contributed by atoms with Crippen LogP contribution in [0.15, 0.2) is 36.5 Å². The van der Waals surface area contributed by atoms with Crippen LogP contribution in [0.3, 0.4) is 0 Å². The Kier molecular flexibility index (Phi) is 6.55. The summed E-state index contributed by atoms with van der Waals surface area (Å²) in [5, 5.41) is 6.68. The molecular formula is C17H23N3O2S.